The van der Waals surface area contributed by atoms with Crippen LogP contribution < -0.4 is 15.8 Å². The molecule has 0 fully saturated rings. The number of aliphatic hydroxyl groups excluding tert-OH is 1. The Hall–Kier alpha value is -4.04. The van der Waals surface area contributed by atoms with Gasteiger partial charge in [0.2, 0.25) is 5.91 Å². The topological polar surface area (TPSA) is 151 Å². The van der Waals surface area contributed by atoms with Gasteiger partial charge in [0.15, 0.2) is 5.69 Å². The molecule has 0 spiro atoms. The smallest absolute Gasteiger partial charge is 0.429 e. The molecule has 11 heteroatoms. The van der Waals surface area contributed by atoms with Gasteiger partial charge >= 0.3 is 6.11 Å². The Balaban J connectivity index is 1.97. The van der Waals surface area contributed by atoms with Crippen LogP contribution in [0.4, 0.5) is 8.78 Å². The molecule has 0 aliphatic carbocycles. The molecule has 3 rings (SSSR count). The first-order valence-corrected chi connectivity index (χ1v) is 8.84. The van der Waals surface area contributed by atoms with Crippen molar-refractivity contribution in [1.29, 1.82) is 5.26 Å². The summed E-state index contributed by atoms with van der Waals surface area (Å²) in [6.45, 7) is 0.750. The Morgan fingerprint density at radius 2 is 2.16 bits per heavy atom. The number of furan rings is 1. The molecule has 1 aromatic carbocycles. The number of aryl methyl sites for hydroxylation is 1. The Morgan fingerprint density at radius 1 is 1.42 bits per heavy atom. The number of nitrogens with two attached hydrogens (primary N) is 1. The van der Waals surface area contributed by atoms with Crippen LogP contribution in [0.25, 0.3) is 11.0 Å². The average Bonchev–Trinajstić information content (AvgIpc) is 3.06. The summed E-state index contributed by atoms with van der Waals surface area (Å²) in [5, 5.41) is 20.6. The number of primary amides is 1. The number of amides is 2. The molecule has 160 valence electrons. The zero-order valence-corrected chi connectivity index (χ0v) is 16.1. The van der Waals surface area contributed by atoms with Gasteiger partial charge in [-0.25, -0.2) is 4.98 Å². The SMILES string of the molecule is Cc1oc2ccc(OC(F)(F)c3cccnc3C#N)cc2c1C(=O)N[C@@H](CO)C(N)=O. The van der Waals surface area contributed by atoms with Crippen molar-refractivity contribution in [3.63, 3.8) is 0 Å². The predicted octanol–water partition coefficient (Wildman–Crippen LogP) is 1.71. The molecule has 0 aliphatic heterocycles. The van der Waals surface area contributed by atoms with Gasteiger partial charge < -0.3 is 25.3 Å². The maximum absolute atomic E-state index is 14.7. The molecule has 9 nitrogen and oxygen atoms in total. The number of ether oxygens (including phenoxy) is 1. The van der Waals surface area contributed by atoms with Gasteiger partial charge in [-0.3, -0.25) is 9.59 Å². The van der Waals surface area contributed by atoms with E-state index in [9.17, 15) is 23.5 Å². The third kappa shape index (κ3) is 4.29. The van der Waals surface area contributed by atoms with Gasteiger partial charge in [-0.2, -0.15) is 14.0 Å². The van der Waals surface area contributed by atoms with Gasteiger partial charge in [-0.05, 0) is 37.3 Å². The lowest BCUT2D eigenvalue weighted by molar-refractivity contribution is -0.185. The Bertz CT molecular complexity index is 1200. The highest BCUT2D eigenvalue weighted by molar-refractivity contribution is 6.08. The van der Waals surface area contributed by atoms with Crippen LogP contribution in [0, 0.1) is 18.3 Å². The van der Waals surface area contributed by atoms with Crippen LogP contribution >= 0.6 is 0 Å². The van der Waals surface area contributed by atoms with E-state index in [1.165, 1.54) is 31.3 Å². The fourth-order valence-corrected chi connectivity index (χ4v) is 2.91. The second-order valence-electron chi connectivity index (χ2n) is 6.43. The van der Waals surface area contributed by atoms with Gasteiger partial charge in [-0.15, -0.1) is 0 Å². The van der Waals surface area contributed by atoms with Crippen molar-refractivity contribution < 1.29 is 32.6 Å². The highest BCUT2D eigenvalue weighted by atomic mass is 19.3. The minimum atomic E-state index is -3.89. The van der Waals surface area contributed by atoms with Gasteiger partial charge in [0.25, 0.3) is 5.91 Å². The number of hydrogen-bond donors (Lipinski definition) is 3. The summed E-state index contributed by atoms with van der Waals surface area (Å²) < 4.78 is 39.6. The quantitative estimate of drug-likeness (QED) is 0.516. The highest BCUT2D eigenvalue weighted by Gasteiger charge is 2.38. The van der Waals surface area contributed by atoms with Gasteiger partial charge in [0.05, 0.1) is 12.2 Å². The Labute approximate surface area is 174 Å². The summed E-state index contributed by atoms with van der Waals surface area (Å²) in [6.07, 6.45) is -2.68. The summed E-state index contributed by atoms with van der Waals surface area (Å²) in [7, 11) is 0. The van der Waals surface area contributed by atoms with E-state index in [1.807, 2.05) is 0 Å². The van der Waals surface area contributed by atoms with Crippen LogP contribution in [0.2, 0.25) is 0 Å². The summed E-state index contributed by atoms with van der Waals surface area (Å²) in [4.78, 5) is 27.5. The monoisotopic (exact) mass is 430 g/mol. The van der Waals surface area contributed by atoms with Crippen LogP contribution in [-0.2, 0) is 10.9 Å². The number of fused-ring (bicyclic) bond motifs is 1. The zero-order valence-electron chi connectivity index (χ0n) is 16.1. The lowest BCUT2D eigenvalue weighted by Crippen LogP contribution is -2.46. The highest BCUT2D eigenvalue weighted by Crippen LogP contribution is 2.35. The fourth-order valence-electron chi connectivity index (χ4n) is 2.91. The lowest BCUT2D eigenvalue weighted by atomic mass is 10.1. The van der Waals surface area contributed by atoms with Crippen LogP contribution in [0.3, 0.4) is 0 Å². The van der Waals surface area contributed by atoms with E-state index in [0.717, 1.165) is 12.1 Å². The fraction of sp³-hybridized carbons (Fsp3) is 0.200. The van der Waals surface area contributed by atoms with Gasteiger partial charge in [-0.1, -0.05) is 0 Å². The van der Waals surface area contributed by atoms with E-state index in [0.29, 0.717) is 0 Å². The maximum Gasteiger partial charge on any atom is 0.429 e. The normalized spacial score (nSPS) is 12.2. The molecule has 4 N–H and O–H groups in total. The predicted molar refractivity (Wildman–Crippen MR) is 102 cm³/mol. The largest absolute Gasteiger partial charge is 0.461 e. The third-order valence-electron chi connectivity index (χ3n) is 4.37. The molecule has 2 aromatic heterocycles. The van der Waals surface area contributed by atoms with Crippen LogP contribution in [0.1, 0.15) is 27.4 Å². The minimum absolute atomic E-state index is 0.0393. The van der Waals surface area contributed by atoms with Crippen LogP contribution in [0.15, 0.2) is 40.9 Å². The van der Waals surface area contributed by atoms with E-state index in [1.54, 1.807) is 6.07 Å². The number of carbonyl (C=O) groups excluding carboxylic acids is 2. The van der Waals surface area contributed by atoms with Crippen molar-refractivity contribution in [2.24, 2.45) is 5.73 Å². The molecule has 3 aromatic rings. The first-order chi connectivity index (χ1) is 14.7. The van der Waals surface area contributed by atoms with E-state index in [4.69, 9.17) is 20.1 Å². The number of carbonyl (C=O) groups is 2. The van der Waals surface area contributed by atoms with E-state index < -0.39 is 41.8 Å². The number of alkyl halides is 2. The molecule has 0 radical (unpaired) electrons. The number of nitriles is 1. The average molecular weight is 430 g/mol. The molecule has 0 bridgehead atoms. The van der Waals surface area contributed by atoms with Crippen molar-refractivity contribution in [2.45, 2.75) is 19.1 Å². The second kappa shape index (κ2) is 8.37. The summed E-state index contributed by atoms with van der Waals surface area (Å²) in [5.41, 5.74) is 4.06. The Morgan fingerprint density at radius 3 is 2.81 bits per heavy atom. The number of halogens is 2. The number of nitrogens with zero attached hydrogens (tertiary/aromatic N) is 2. The summed E-state index contributed by atoms with van der Waals surface area (Å²) in [5.74, 6) is -1.91. The number of rotatable bonds is 7. The van der Waals surface area contributed by atoms with Gasteiger partial charge in [0.1, 0.15) is 34.8 Å². The van der Waals surface area contributed by atoms with Crippen molar-refractivity contribution in [3.05, 3.63) is 59.1 Å². The Kier molecular flexibility index (Phi) is 5.85. The van der Waals surface area contributed by atoms with Crippen LogP contribution in [-0.4, -0.2) is 34.6 Å². The molecule has 0 unspecified atom stereocenters. The zero-order chi connectivity index (χ0) is 22.8. The van der Waals surface area contributed by atoms with Crippen molar-refractivity contribution in [3.8, 4) is 11.8 Å². The number of aromatic nitrogens is 1. The molecule has 1 atom stereocenters. The van der Waals surface area contributed by atoms with Crippen molar-refractivity contribution in [2.75, 3.05) is 6.61 Å². The molecular formula is C20H16F2N4O5. The van der Waals surface area contributed by atoms with Gasteiger partial charge in [0, 0.05) is 11.6 Å². The minimum Gasteiger partial charge on any atom is -0.461 e. The van der Waals surface area contributed by atoms with Crippen molar-refractivity contribution >= 4 is 22.8 Å². The molecule has 0 saturated heterocycles. The lowest BCUT2D eigenvalue weighted by Gasteiger charge is -2.18. The second-order valence-corrected chi connectivity index (χ2v) is 6.43. The number of hydrogen-bond acceptors (Lipinski definition) is 7. The standard InChI is InChI=1S/C20H16F2N4O5/c1-10-17(19(29)26-15(9-27)18(24)28)12-7-11(4-5-16(12)30-10)31-20(21,22)13-3-2-6-25-14(13)8-23/h2-7,15,27H,9H2,1H3,(H2,24,28)(H,26,29)/t15-/m0/s1. The molecule has 2 amide bonds. The first-order valence-electron chi connectivity index (χ1n) is 8.84. The van der Waals surface area contributed by atoms with Crippen molar-refractivity contribution in [1.82, 2.24) is 10.3 Å². The molecule has 0 saturated carbocycles. The summed E-state index contributed by atoms with van der Waals surface area (Å²) >= 11 is 0. The van der Waals surface area contributed by atoms with E-state index >= 15 is 0 Å². The summed E-state index contributed by atoms with van der Waals surface area (Å²) in [6, 6.07) is 6.21. The third-order valence-corrected chi connectivity index (χ3v) is 4.37. The number of pyridine rings is 1. The number of aliphatic hydroxyl groups is 1. The molecule has 31 heavy (non-hydrogen) atoms. The first kappa shape index (κ1) is 21.7. The number of nitrogens with one attached hydrogen (secondary N) is 1. The van der Waals surface area contributed by atoms with Crippen LogP contribution in [0.5, 0.6) is 5.75 Å². The van der Waals surface area contributed by atoms with E-state index in [-0.39, 0.29) is 28.0 Å². The molecular weight excluding hydrogens is 414 g/mol. The van der Waals surface area contributed by atoms with E-state index in [2.05, 4.69) is 10.3 Å². The number of benzene rings is 1. The maximum atomic E-state index is 14.7. The molecule has 2 heterocycles. The molecule has 0 aliphatic rings.